The number of nitrogens with one attached hydrogen (secondary N) is 3. The smallest absolute Gasteiger partial charge is 0.238 e. The van der Waals surface area contributed by atoms with Gasteiger partial charge in [-0.1, -0.05) is 20.3 Å². The van der Waals surface area contributed by atoms with Crippen LogP contribution in [-0.4, -0.2) is 37.1 Å². The Morgan fingerprint density at radius 3 is 2.67 bits per heavy atom. The molecule has 1 heterocycles. The van der Waals surface area contributed by atoms with Crippen LogP contribution in [0.25, 0.3) is 0 Å². The van der Waals surface area contributed by atoms with Crippen LogP contribution in [0.15, 0.2) is 0 Å². The largest absolute Gasteiger partial charge is 0.352 e. The molecule has 2 fully saturated rings. The maximum absolute atomic E-state index is 12.2. The Labute approximate surface area is 110 Å². The molecule has 0 radical (unpaired) electrons. The third kappa shape index (κ3) is 3.69. The molecule has 0 aromatic rings. The molecule has 0 spiro atoms. The summed E-state index contributed by atoms with van der Waals surface area (Å²) in [5.74, 6) is 0.164. The molecule has 0 aromatic heterocycles. The van der Waals surface area contributed by atoms with Gasteiger partial charge >= 0.3 is 0 Å². The van der Waals surface area contributed by atoms with Crippen molar-refractivity contribution in [1.29, 1.82) is 0 Å². The van der Waals surface area contributed by atoms with E-state index in [2.05, 4.69) is 36.7 Å². The normalized spacial score (nSPS) is 36.1. The van der Waals surface area contributed by atoms with Gasteiger partial charge in [0, 0.05) is 25.2 Å². The third-order valence-corrected chi connectivity index (χ3v) is 4.21. The van der Waals surface area contributed by atoms with Crippen LogP contribution in [0, 0.1) is 5.41 Å². The average molecular weight is 253 g/mol. The van der Waals surface area contributed by atoms with E-state index in [1.165, 1.54) is 12.8 Å². The van der Waals surface area contributed by atoms with Crippen LogP contribution in [0.5, 0.6) is 0 Å². The van der Waals surface area contributed by atoms with Crippen LogP contribution in [0.2, 0.25) is 0 Å². The number of carbonyl (C=O) groups excluding carboxylic acids is 1. The van der Waals surface area contributed by atoms with Crippen molar-refractivity contribution in [3.8, 4) is 0 Å². The minimum atomic E-state index is -0.0637. The van der Waals surface area contributed by atoms with E-state index in [4.69, 9.17) is 0 Å². The lowest BCUT2D eigenvalue weighted by Gasteiger charge is -2.37. The lowest BCUT2D eigenvalue weighted by Crippen LogP contribution is -2.60. The molecule has 1 saturated heterocycles. The van der Waals surface area contributed by atoms with Crippen molar-refractivity contribution >= 4 is 5.91 Å². The van der Waals surface area contributed by atoms with Crippen molar-refractivity contribution in [3.05, 3.63) is 0 Å². The van der Waals surface area contributed by atoms with Crippen LogP contribution in [-0.2, 0) is 4.79 Å². The summed E-state index contributed by atoms with van der Waals surface area (Å²) in [6.45, 7) is 8.34. The van der Waals surface area contributed by atoms with E-state index in [-0.39, 0.29) is 11.9 Å². The second-order valence-corrected chi connectivity index (χ2v) is 6.74. The van der Waals surface area contributed by atoms with Gasteiger partial charge in [-0.2, -0.15) is 0 Å². The lowest BCUT2D eigenvalue weighted by atomic mass is 9.75. The van der Waals surface area contributed by atoms with Crippen molar-refractivity contribution in [2.75, 3.05) is 13.1 Å². The Balaban J connectivity index is 1.80. The zero-order chi connectivity index (χ0) is 13.2. The predicted octanol–water partition coefficient (Wildman–Crippen LogP) is 1.02. The number of hydrogen-bond acceptors (Lipinski definition) is 3. The highest BCUT2D eigenvalue weighted by Gasteiger charge is 2.31. The number of hydrogen-bond donors (Lipinski definition) is 3. The SMILES string of the molecule is CC1CNC(C(=O)NC2CCCC(C)(C)C2)CN1. The van der Waals surface area contributed by atoms with E-state index >= 15 is 0 Å². The van der Waals surface area contributed by atoms with Crippen LogP contribution in [0.3, 0.4) is 0 Å². The molecule has 1 aliphatic carbocycles. The summed E-state index contributed by atoms with van der Waals surface area (Å²) in [6, 6.07) is 0.760. The number of carbonyl (C=O) groups is 1. The van der Waals surface area contributed by atoms with Crippen molar-refractivity contribution in [3.63, 3.8) is 0 Å². The molecule has 3 atom stereocenters. The van der Waals surface area contributed by atoms with E-state index in [1.807, 2.05) is 0 Å². The maximum atomic E-state index is 12.2. The minimum Gasteiger partial charge on any atom is -0.352 e. The monoisotopic (exact) mass is 253 g/mol. The topological polar surface area (TPSA) is 53.2 Å². The van der Waals surface area contributed by atoms with Crippen molar-refractivity contribution < 1.29 is 4.79 Å². The highest BCUT2D eigenvalue weighted by atomic mass is 16.2. The van der Waals surface area contributed by atoms with Crippen molar-refractivity contribution in [2.24, 2.45) is 5.41 Å². The summed E-state index contributed by atoms with van der Waals surface area (Å²) in [5.41, 5.74) is 0.378. The molecule has 0 bridgehead atoms. The molecular formula is C14H27N3O. The summed E-state index contributed by atoms with van der Waals surface area (Å²) in [4.78, 5) is 12.2. The molecule has 2 rings (SSSR count). The van der Waals surface area contributed by atoms with Crippen LogP contribution >= 0.6 is 0 Å². The number of amides is 1. The van der Waals surface area contributed by atoms with Crippen LogP contribution < -0.4 is 16.0 Å². The first-order valence-corrected chi connectivity index (χ1v) is 7.23. The van der Waals surface area contributed by atoms with Gasteiger partial charge in [-0.25, -0.2) is 0 Å². The Morgan fingerprint density at radius 1 is 1.28 bits per heavy atom. The van der Waals surface area contributed by atoms with Gasteiger partial charge in [0.05, 0.1) is 6.04 Å². The van der Waals surface area contributed by atoms with Gasteiger partial charge < -0.3 is 16.0 Å². The quantitative estimate of drug-likeness (QED) is 0.689. The second-order valence-electron chi connectivity index (χ2n) is 6.74. The zero-order valence-electron chi connectivity index (χ0n) is 11.9. The highest BCUT2D eigenvalue weighted by molar-refractivity contribution is 5.82. The Kier molecular flexibility index (Phi) is 4.28. The summed E-state index contributed by atoms with van der Waals surface area (Å²) >= 11 is 0. The van der Waals surface area contributed by atoms with E-state index in [9.17, 15) is 4.79 Å². The van der Waals surface area contributed by atoms with E-state index < -0.39 is 0 Å². The molecule has 4 nitrogen and oxygen atoms in total. The van der Waals surface area contributed by atoms with Crippen LogP contribution in [0.4, 0.5) is 0 Å². The van der Waals surface area contributed by atoms with Gasteiger partial charge in [0.15, 0.2) is 0 Å². The highest BCUT2D eigenvalue weighted by Crippen LogP contribution is 2.35. The predicted molar refractivity (Wildman–Crippen MR) is 73.4 cm³/mol. The minimum absolute atomic E-state index is 0.0637. The van der Waals surface area contributed by atoms with Gasteiger partial charge in [0.1, 0.15) is 0 Å². The lowest BCUT2D eigenvalue weighted by molar-refractivity contribution is -0.124. The maximum Gasteiger partial charge on any atom is 0.238 e. The molecule has 18 heavy (non-hydrogen) atoms. The molecule has 0 aromatic carbocycles. The van der Waals surface area contributed by atoms with Crippen molar-refractivity contribution in [2.45, 2.75) is 64.6 Å². The fourth-order valence-electron chi connectivity index (χ4n) is 3.09. The van der Waals surface area contributed by atoms with E-state index in [0.29, 0.717) is 17.5 Å². The molecule has 1 saturated carbocycles. The van der Waals surface area contributed by atoms with Crippen LogP contribution in [0.1, 0.15) is 46.5 Å². The molecule has 2 aliphatic rings. The standard InChI is InChI=1S/C14H27N3O/c1-10-8-16-12(9-15-10)13(18)17-11-5-4-6-14(2,3)7-11/h10-12,15-16H,4-9H2,1-3H3,(H,17,18). The van der Waals surface area contributed by atoms with E-state index in [0.717, 1.165) is 25.9 Å². The molecule has 4 heteroatoms. The first kappa shape index (κ1) is 13.8. The third-order valence-electron chi connectivity index (χ3n) is 4.21. The number of piperazine rings is 1. The fourth-order valence-corrected chi connectivity index (χ4v) is 3.09. The number of rotatable bonds is 2. The zero-order valence-corrected chi connectivity index (χ0v) is 11.9. The molecule has 104 valence electrons. The Morgan fingerprint density at radius 2 is 2.06 bits per heavy atom. The molecule has 3 N–H and O–H groups in total. The molecule has 1 amide bonds. The summed E-state index contributed by atoms with van der Waals surface area (Å²) in [5, 5.41) is 9.87. The Hall–Kier alpha value is -0.610. The van der Waals surface area contributed by atoms with Gasteiger partial charge in [0.2, 0.25) is 5.91 Å². The van der Waals surface area contributed by atoms with Gasteiger partial charge in [0.25, 0.3) is 0 Å². The Bertz CT molecular complexity index is 295. The summed E-state index contributed by atoms with van der Waals surface area (Å²) in [6.07, 6.45) is 4.74. The van der Waals surface area contributed by atoms with Gasteiger partial charge in [-0.3, -0.25) is 4.79 Å². The first-order chi connectivity index (χ1) is 8.46. The summed E-state index contributed by atoms with van der Waals surface area (Å²) < 4.78 is 0. The van der Waals surface area contributed by atoms with Gasteiger partial charge in [-0.05, 0) is 31.6 Å². The molecular weight excluding hydrogens is 226 g/mol. The summed E-state index contributed by atoms with van der Waals surface area (Å²) in [7, 11) is 0. The first-order valence-electron chi connectivity index (χ1n) is 7.23. The van der Waals surface area contributed by atoms with Crippen molar-refractivity contribution in [1.82, 2.24) is 16.0 Å². The molecule has 1 aliphatic heterocycles. The molecule has 3 unspecified atom stereocenters. The fraction of sp³-hybridized carbons (Fsp3) is 0.929. The van der Waals surface area contributed by atoms with E-state index in [1.54, 1.807) is 0 Å². The average Bonchev–Trinajstić information content (AvgIpc) is 2.28. The second kappa shape index (κ2) is 5.57. The van der Waals surface area contributed by atoms with Gasteiger partial charge in [-0.15, -0.1) is 0 Å².